The van der Waals surface area contributed by atoms with Gasteiger partial charge in [0, 0.05) is 13.1 Å². The number of carbonyl (C=O) groups excluding carboxylic acids is 2. The Labute approximate surface area is 88.2 Å². The minimum atomic E-state index is -0.590. The van der Waals surface area contributed by atoms with Gasteiger partial charge in [0.25, 0.3) is 0 Å². The number of carbonyl (C=O) groups is 2. The van der Waals surface area contributed by atoms with Crippen molar-refractivity contribution < 1.29 is 19.4 Å². The van der Waals surface area contributed by atoms with Crippen molar-refractivity contribution in [1.29, 1.82) is 0 Å². The zero-order valence-electron chi connectivity index (χ0n) is 8.73. The molecule has 0 saturated carbocycles. The first-order chi connectivity index (χ1) is 7.19. The quantitative estimate of drug-likeness (QED) is 0.550. The van der Waals surface area contributed by atoms with Crippen LogP contribution in [0.25, 0.3) is 0 Å². The van der Waals surface area contributed by atoms with Gasteiger partial charge in [-0.3, -0.25) is 9.59 Å². The van der Waals surface area contributed by atoms with E-state index in [1.54, 1.807) is 6.92 Å². The molecule has 1 aliphatic rings. The standard InChI is InChI=1S/C9H16N2O4/c1-2-15-8(13)5-11-4-3-10-7(6-12)9(11)14/h7,10,12H,2-6H2,1H3/t7-/m0/s1. The highest BCUT2D eigenvalue weighted by Crippen LogP contribution is 2.01. The highest BCUT2D eigenvalue weighted by molar-refractivity contribution is 5.86. The van der Waals surface area contributed by atoms with Gasteiger partial charge in [-0.15, -0.1) is 0 Å². The van der Waals surface area contributed by atoms with Gasteiger partial charge >= 0.3 is 5.97 Å². The zero-order chi connectivity index (χ0) is 11.3. The summed E-state index contributed by atoms with van der Waals surface area (Å²) < 4.78 is 4.75. The number of amides is 1. The smallest absolute Gasteiger partial charge is 0.325 e. The van der Waals surface area contributed by atoms with Crippen LogP contribution in [0.15, 0.2) is 0 Å². The van der Waals surface area contributed by atoms with Gasteiger partial charge in [-0.1, -0.05) is 0 Å². The Morgan fingerprint density at radius 2 is 2.47 bits per heavy atom. The maximum atomic E-state index is 11.6. The van der Waals surface area contributed by atoms with Crippen LogP contribution >= 0.6 is 0 Å². The number of esters is 1. The Morgan fingerprint density at radius 3 is 3.07 bits per heavy atom. The largest absolute Gasteiger partial charge is 0.465 e. The van der Waals surface area contributed by atoms with E-state index in [9.17, 15) is 9.59 Å². The number of nitrogens with zero attached hydrogens (tertiary/aromatic N) is 1. The van der Waals surface area contributed by atoms with E-state index in [4.69, 9.17) is 9.84 Å². The Kier molecular flexibility index (Phi) is 4.51. The van der Waals surface area contributed by atoms with Crippen LogP contribution in [-0.2, 0) is 14.3 Å². The topological polar surface area (TPSA) is 78.9 Å². The summed E-state index contributed by atoms with van der Waals surface area (Å²) in [5, 5.41) is 11.8. The summed E-state index contributed by atoms with van der Waals surface area (Å²) in [5.41, 5.74) is 0. The molecular formula is C9H16N2O4. The lowest BCUT2D eigenvalue weighted by atomic mass is 10.2. The zero-order valence-corrected chi connectivity index (χ0v) is 8.73. The number of nitrogens with one attached hydrogen (secondary N) is 1. The number of hydrogen-bond acceptors (Lipinski definition) is 5. The van der Waals surface area contributed by atoms with Gasteiger partial charge < -0.3 is 20.1 Å². The molecule has 0 unspecified atom stereocenters. The molecule has 15 heavy (non-hydrogen) atoms. The average Bonchev–Trinajstić information content (AvgIpc) is 2.21. The monoisotopic (exact) mass is 216 g/mol. The van der Waals surface area contributed by atoms with Gasteiger partial charge in [-0.25, -0.2) is 0 Å². The third kappa shape index (κ3) is 3.17. The Morgan fingerprint density at radius 1 is 1.73 bits per heavy atom. The molecule has 1 saturated heterocycles. The minimum Gasteiger partial charge on any atom is -0.465 e. The molecule has 86 valence electrons. The maximum absolute atomic E-state index is 11.6. The van der Waals surface area contributed by atoms with Crippen molar-refractivity contribution in [2.24, 2.45) is 0 Å². The first-order valence-corrected chi connectivity index (χ1v) is 4.97. The molecule has 0 spiro atoms. The summed E-state index contributed by atoms with van der Waals surface area (Å²) in [6.07, 6.45) is 0. The molecule has 1 aliphatic heterocycles. The maximum Gasteiger partial charge on any atom is 0.325 e. The molecule has 1 rings (SSSR count). The van der Waals surface area contributed by atoms with Gasteiger partial charge in [0.1, 0.15) is 12.6 Å². The number of hydrogen-bond donors (Lipinski definition) is 2. The lowest BCUT2D eigenvalue weighted by Crippen LogP contribution is -2.57. The van der Waals surface area contributed by atoms with Crippen molar-refractivity contribution in [2.45, 2.75) is 13.0 Å². The second-order valence-corrected chi connectivity index (χ2v) is 3.25. The molecule has 1 amide bonds. The van der Waals surface area contributed by atoms with Crippen LogP contribution in [0.3, 0.4) is 0 Å². The molecule has 0 aliphatic carbocycles. The highest BCUT2D eigenvalue weighted by atomic mass is 16.5. The van der Waals surface area contributed by atoms with Gasteiger partial charge in [0.2, 0.25) is 5.91 Å². The summed E-state index contributed by atoms with van der Waals surface area (Å²) in [6.45, 7) is 2.78. The first kappa shape index (κ1) is 11.9. The van der Waals surface area contributed by atoms with Crippen molar-refractivity contribution in [3.05, 3.63) is 0 Å². The average molecular weight is 216 g/mol. The van der Waals surface area contributed by atoms with Crippen molar-refractivity contribution in [2.75, 3.05) is 32.8 Å². The minimum absolute atomic E-state index is 0.0369. The Hall–Kier alpha value is -1.14. The number of ether oxygens (including phenoxy) is 1. The van der Waals surface area contributed by atoms with Gasteiger partial charge in [-0.2, -0.15) is 0 Å². The highest BCUT2D eigenvalue weighted by Gasteiger charge is 2.28. The third-order valence-corrected chi connectivity index (χ3v) is 2.19. The van der Waals surface area contributed by atoms with E-state index >= 15 is 0 Å². The van der Waals surface area contributed by atoms with E-state index < -0.39 is 12.0 Å². The summed E-state index contributed by atoms with van der Waals surface area (Å²) >= 11 is 0. The number of rotatable bonds is 4. The van der Waals surface area contributed by atoms with E-state index in [1.807, 2.05) is 0 Å². The van der Waals surface area contributed by atoms with E-state index in [0.717, 1.165) is 0 Å². The SMILES string of the molecule is CCOC(=O)CN1CCN[C@@H](CO)C1=O. The lowest BCUT2D eigenvalue weighted by molar-refractivity contribution is -0.151. The van der Waals surface area contributed by atoms with E-state index in [-0.39, 0.29) is 19.1 Å². The summed E-state index contributed by atoms with van der Waals surface area (Å²) in [5.74, 6) is -0.666. The van der Waals surface area contributed by atoms with Crippen LogP contribution in [0.5, 0.6) is 0 Å². The molecule has 0 aromatic carbocycles. The van der Waals surface area contributed by atoms with Crippen LogP contribution in [-0.4, -0.2) is 60.8 Å². The molecule has 1 atom stereocenters. The van der Waals surface area contributed by atoms with Crippen LogP contribution in [0.4, 0.5) is 0 Å². The lowest BCUT2D eigenvalue weighted by Gasteiger charge is -2.31. The van der Waals surface area contributed by atoms with Crippen LogP contribution < -0.4 is 5.32 Å². The summed E-state index contributed by atoms with van der Waals surface area (Å²) in [6, 6.07) is -0.590. The fourth-order valence-electron chi connectivity index (χ4n) is 1.45. The molecule has 6 heteroatoms. The first-order valence-electron chi connectivity index (χ1n) is 4.97. The second-order valence-electron chi connectivity index (χ2n) is 3.25. The third-order valence-electron chi connectivity index (χ3n) is 2.19. The second kappa shape index (κ2) is 5.67. The van der Waals surface area contributed by atoms with E-state index in [1.165, 1.54) is 4.90 Å². The number of aliphatic hydroxyl groups excluding tert-OH is 1. The molecule has 6 nitrogen and oxygen atoms in total. The molecule has 0 aromatic rings. The van der Waals surface area contributed by atoms with Crippen molar-refractivity contribution in [3.8, 4) is 0 Å². The van der Waals surface area contributed by atoms with Crippen LogP contribution in [0.2, 0.25) is 0 Å². The number of aliphatic hydroxyl groups is 1. The predicted molar refractivity (Wildman–Crippen MR) is 52.1 cm³/mol. The summed E-state index contributed by atoms with van der Waals surface area (Å²) in [7, 11) is 0. The molecular weight excluding hydrogens is 200 g/mol. The molecule has 2 N–H and O–H groups in total. The van der Waals surface area contributed by atoms with Crippen molar-refractivity contribution in [3.63, 3.8) is 0 Å². The van der Waals surface area contributed by atoms with Gasteiger partial charge in [0.05, 0.1) is 13.2 Å². The van der Waals surface area contributed by atoms with Crippen molar-refractivity contribution in [1.82, 2.24) is 10.2 Å². The molecule has 0 radical (unpaired) electrons. The van der Waals surface area contributed by atoms with Crippen molar-refractivity contribution >= 4 is 11.9 Å². The fourth-order valence-corrected chi connectivity index (χ4v) is 1.45. The molecule has 0 bridgehead atoms. The van der Waals surface area contributed by atoms with E-state index in [0.29, 0.717) is 19.7 Å². The predicted octanol–water partition coefficient (Wildman–Crippen LogP) is -1.66. The van der Waals surface area contributed by atoms with Gasteiger partial charge in [0.15, 0.2) is 0 Å². The Bertz CT molecular complexity index is 244. The summed E-state index contributed by atoms with van der Waals surface area (Å²) in [4.78, 5) is 24.1. The number of piperazine rings is 1. The normalized spacial score (nSPS) is 21.6. The van der Waals surface area contributed by atoms with E-state index in [2.05, 4.69) is 5.32 Å². The molecule has 1 fully saturated rings. The van der Waals surface area contributed by atoms with Crippen LogP contribution in [0.1, 0.15) is 6.92 Å². The Balaban J connectivity index is 2.47. The fraction of sp³-hybridized carbons (Fsp3) is 0.778. The molecule has 0 aromatic heterocycles. The van der Waals surface area contributed by atoms with Gasteiger partial charge in [-0.05, 0) is 6.92 Å². The molecule has 1 heterocycles. The van der Waals surface area contributed by atoms with Crippen LogP contribution in [0, 0.1) is 0 Å².